The SMILES string of the molecule is C1=CC(c2c3ccccc3c(-c3ccncc3)c3cnccc23)=CCN1. The summed E-state index contributed by atoms with van der Waals surface area (Å²) in [5.41, 5.74) is 4.90. The van der Waals surface area contributed by atoms with Crippen LogP contribution in [0.1, 0.15) is 5.56 Å². The Morgan fingerprint density at radius 1 is 0.731 bits per heavy atom. The maximum Gasteiger partial charge on any atom is 0.0353 e. The second-order valence-corrected chi connectivity index (χ2v) is 6.35. The number of aromatic nitrogens is 2. The number of nitrogens with one attached hydrogen (secondary N) is 1. The molecule has 4 aromatic rings. The van der Waals surface area contributed by atoms with Crippen molar-refractivity contribution in [2.24, 2.45) is 0 Å². The van der Waals surface area contributed by atoms with Crippen molar-refractivity contribution in [3.8, 4) is 11.1 Å². The van der Waals surface area contributed by atoms with E-state index >= 15 is 0 Å². The highest BCUT2D eigenvalue weighted by atomic mass is 14.8. The van der Waals surface area contributed by atoms with Gasteiger partial charge in [-0.15, -0.1) is 0 Å². The van der Waals surface area contributed by atoms with Gasteiger partial charge in [0.1, 0.15) is 0 Å². The third-order valence-corrected chi connectivity index (χ3v) is 4.90. The Hall–Kier alpha value is -3.46. The summed E-state index contributed by atoms with van der Waals surface area (Å²) in [5, 5.41) is 8.13. The molecule has 0 atom stereocenters. The molecule has 0 aliphatic carbocycles. The molecule has 26 heavy (non-hydrogen) atoms. The summed E-state index contributed by atoms with van der Waals surface area (Å²) in [5.74, 6) is 0. The van der Waals surface area contributed by atoms with E-state index in [1.807, 2.05) is 31.0 Å². The summed E-state index contributed by atoms with van der Waals surface area (Å²) in [6.45, 7) is 0.846. The number of hydrogen-bond acceptors (Lipinski definition) is 3. The normalized spacial score (nSPS) is 13.6. The van der Waals surface area contributed by atoms with E-state index in [0.29, 0.717) is 0 Å². The summed E-state index contributed by atoms with van der Waals surface area (Å²) in [6, 6.07) is 14.9. The lowest BCUT2D eigenvalue weighted by atomic mass is 9.86. The quantitative estimate of drug-likeness (QED) is 0.527. The van der Waals surface area contributed by atoms with E-state index < -0.39 is 0 Å². The van der Waals surface area contributed by atoms with Crippen molar-refractivity contribution in [1.82, 2.24) is 15.3 Å². The van der Waals surface area contributed by atoms with Gasteiger partial charge in [0.25, 0.3) is 0 Å². The van der Waals surface area contributed by atoms with Gasteiger partial charge in [-0.3, -0.25) is 9.97 Å². The molecule has 2 aromatic carbocycles. The number of pyridine rings is 2. The lowest BCUT2D eigenvalue weighted by molar-refractivity contribution is 0.976. The molecule has 1 aliphatic rings. The first-order valence-corrected chi connectivity index (χ1v) is 8.73. The van der Waals surface area contributed by atoms with E-state index in [2.05, 4.69) is 69.9 Å². The molecule has 0 fully saturated rings. The van der Waals surface area contributed by atoms with Gasteiger partial charge < -0.3 is 5.32 Å². The molecule has 0 amide bonds. The van der Waals surface area contributed by atoms with Gasteiger partial charge in [-0.2, -0.15) is 0 Å². The fourth-order valence-electron chi connectivity index (χ4n) is 3.80. The molecule has 0 saturated carbocycles. The van der Waals surface area contributed by atoms with E-state index in [1.165, 1.54) is 38.2 Å². The van der Waals surface area contributed by atoms with Crippen LogP contribution in [0, 0.1) is 0 Å². The zero-order valence-corrected chi connectivity index (χ0v) is 14.2. The van der Waals surface area contributed by atoms with E-state index in [1.54, 1.807) is 0 Å². The number of rotatable bonds is 2. The van der Waals surface area contributed by atoms with Crippen molar-refractivity contribution in [3.05, 3.63) is 91.2 Å². The maximum atomic E-state index is 4.43. The van der Waals surface area contributed by atoms with Gasteiger partial charge in [0.15, 0.2) is 0 Å². The topological polar surface area (TPSA) is 37.8 Å². The van der Waals surface area contributed by atoms with Crippen molar-refractivity contribution < 1.29 is 0 Å². The molecule has 0 radical (unpaired) electrons. The molecule has 0 saturated heterocycles. The lowest BCUT2D eigenvalue weighted by Crippen LogP contribution is -2.08. The minimum atomic E-state index is 0.846. The smallest absolute Gasteiger partial charge is 0.0353 e. The number of allylic oxidation sites excluding steroid dienone is 2. The van der Waals surface area contributed by atoms with Crippen LogP contribution in [0.4, 0.5) is 0 Å². The monoisotopic (exact) mass is 335 g/mol. The highest BCUT2D eigenvalue weighted by molar-refractivity contribution is 6.19. The molecule has 124 valence electrons. The first-order valence-electron chi connectivity index (χ1n) is 8.73. The van der Waals surface area contributed by atoms with Crippen molar-refractivity contribution in [2.45, 2.75) is 0 Å². The predicted molar refractivity (Wildman–Crippen MR) is 108 cm³/mol. The maximum absolute atomic E-state index is 4.43. The van der Waals surface area contributed by atoms with Crippen LogP contribution in [0.2, 0.25) is 0 Å². The molecule has 3 heteroatoms. The minimum absolute atomic E-state index is 0.846. The number of fused-ring (bicyclic) bond motifs is 2. The highest BCUT2D eigenvalue weighted by Crippen LogP contribution is 2.41. The average Bonchev–Trinajstić information content (AvgIpc) is 2.73. The third kappa shape index (κ3) is 2.29. The van der Waals surface area contributed by atoms with Crippen molar-refractivity contribution in [1.29, 1.82) is 0 Å². The Bertz CT molecular complexity index is 1120. The lowest BCUT2D eigenvalue weighted by Gasteiger charge is -2.18. The van der Waals surface area contributed by atoms with Crippen LogP contribution in [-0.4, -0.2) is 16.5 Å². The summed E-state index contributed by atoms with van der Waals surface area (Å²) >= 11 is 0. The minimum Gasteiger partial charge on any atom is -0.387 e. The molecule has 0 unspecified atom stereocenters. The van der Waals surface area contributed by atoms with Gasteiger partial charge in [-0.25, -0.2) is 0 Å². The average molecular weight is 335 g/mol. The van der Waals surface area contributed by atoms with Gasteiger partial charge in [0.2, 0.25) is 0 Å². The number of hydrogen-bond donors (Lipinski definition) is 1. The van der Waals surface area contributed by atoms with Crippen molar-refractivity contribution in [2.75, 3.05) is 6.54 Å². The van der Waals surface area contributed by atoms with Crippen molar-refractivity contribution >= 4 is 27.1 Å². The molecule has 1 aliphatic heterocycles. The zero-order chi connectivity index (χ0) is 17.3. The van der Waals surface area contributed by atoms with Crippen LogP contribution < -0.4 is 5.32 Å². The predicted octanol–water partition coefficient (Wildman–Crippen LogP) is 4.95. The summed E-state index contributed by atoms with van der Waals surface area (Å²) in [6.07, 6.45) is 14.0. The Morgan fingerprint density at radius 2 is 1.46 bits per heavy atom. The first-order chi connectivity index (χ1) is 12.9. The van der Waals surface area contributed by atoms with Crippen molar-refractivity contribution in [3.63, 3.8) is 0 Å². The van der Waals surface area contributed by atoms with Gasteiger partial charge >= 0.3 is 0 Å². The Labute approximate surface area is 151 Å². The Balaban J connectivity index is 1.98. The molecule has 1 N–H and O–H groups in total. The largest absolute Gasteiger partial charge is 0.387 e. The fourth-order valence-corrected chi connectivity index (χ4v) is 3.80. The van der Waals surface area contributed by atoms with E-state index in [0.717, 1.165) is 12.1 Å². The number of benzene rings is 2. The summed E-state index contributed by atoms with van der Waals surface area (Å²) in [4.78, 5) is 8.61. The van der Waals surface area contributed by atoms with E-state index in [4.69, 9.17) is 0 Å². The van der Waals surface area contributed by atoms with Crippen LogP contribution in [0.5, 0.6) is 0 Å². The summed E-state index contributed by atoms with van der Waals surface area (Å²) < 4.78 is 0. The van der Waals surface area contributed by atoms with Gasteiger partial charge in [-0.1, -0.05) is 30.3 Å². The molecule has 0 spiro atoms. The second kappa shape index (κ2) is 6.12. The molecular formula is C23H17N3. The molecule has 3 nitrogen and oxygen atoms in total. The van der Waals surface area contributed by atoms with Gasteiger partial charge in [-0.05, 0) is 68.9 Å². The number of nitrogens with zero attached hydrogens (tertiary/aromatic N) is 2. The first kappa shape index (κ1) is 14.8. The molecule has 0 bridgehead atoms. The van der Waals surface area contributed by atoms with Crippen LogP contribution in [-0.2, 0) is 0 Å². The standard InChI is InChI=1S/C23H17N3/c1-2-4-19-18(3-1)22(16-5-10-24-11-6-16)20-9-14-26-15-21(20)23(19)17-7-12-25-13-8-17/h1-10,12-15,24H,11H2. The number of dihydropyridines is 1. The molecule has 3 heterocycles. The van der Waals surface area contributed by atoms with E-state index in [-0.39, 0.29) is 0 Å². The highest BCUT2D eigenvalue weighted by Gasteiger charge is 2.17. The van der Waals surface area contributed by atoms with Crippen LogP contribution in [0.15, 0.2) is 85.6 Å². The zero-order valence-electron chi connectivity index (χ0n) is 14.2. The Kier molecular flexibility index (Phi) is 3.49. The molecule has 2 aromatic heterocycles. The third-order valence-electron chi connectivity index (χ3n) is 4.90. The fraction of sp³-hybridized carbons (Fsp3) is 0.0435. The molecular weight excluding hydrogens is 318 g/mol. The van der Waals surface area contributed by atoms with Gasteiger partial charge in [0.05, 0.1) is 0 Å². The Morgan fingerprint density at radius 3 is 2.23 bits per heavy atom. The van der Waals surface area contributed by atoms with E-state index in [9.17, 15) is 0 Å². The van der Waals surface area contributed by atoms with Crippen LogP contribution in [0.25, 0.3) is 38.2 Å². The van der Waals surface area contributed by atoms with Gasteiger partial charge in [0, 0.05) is 36.7 Å². The second-order valence-electron chi connectivity index (χ2n) is 6.35. The van der Waals surface area contributed by atoms with Crippen LogP contribution >= 0.6 is 0 Å². The van der Waals surface area contributed by atoms with Crippen LogP contribution in [0.3, 0.4) is 0 Å². The summed E-state index contributed by atoms with van der Waals surface area (Å²) in [7, 11) is 0. The molecule has 5 rings (SSSR count).